The maximum absolute atomic E-state index is 14.1. The van der Waals surface area contributed by atoms with E-state index in [9.17, 15) is 19.2 Å². The Bertz CT molecular complexity index is 2180. The molecule has 6 nitrogen and oxygen atoms in total. The number of rotatable bonds is 7. The van der Waals surface area contributed by atoms with Gasteiger partial charge in [0.1, 0.15) is 0 Å². The van der Waals surface area contributed by atoms with Crippen molar-refractivity contribution in [1.82, 2.24) is 0 Å². The van der Waals surface area contributed by atoms with Crippen LogP contribution in [-0.4, -0.2) is 23.6 Å². The molecule has 0 saturated carbocycles. The van der Waals surface area contributed by atoms with E-state index in [1.165, 1.54) is 9.80 Å². The lowest BCUT2D eigenvalue weighted by Crippen LogP contribution is -2.34. The molecule has 4 amide bonds. The van der Waals surface area contributed by atoms with Crippen LogP contribution in [0.1, 0.15) is 90.0 Å². The second-order valence-corrected chi connectivity index (χ2v) is 12.6. The number of hydrogen-bond acceptors (Lipinski definition) is 4. The van der Waals surface area contributed by atoms with Crippen LogP contribution in [0.25, 0.3) is 22.3 Å². The number of amides is 4. The lowest BCUT2D eigenvalue weighted by atomic mass is 9.92. The lowest BCUT2D eigenvalue weighted by molar-refractivity contribution is 0.0908. The molecule has 0 N–H and O–H groups in total. The van der Waals surface area contributed by atoms with Crippen LogP contribution in [0.4, 0.5) is 11.4 Å². The number of carbonyl (C=O) groups excluding carboxylic acids is 4. The van der Waals surface area contributed by atoms with Gasteiger partial charge in [0, 0.05) is 0 Å². The predicted molar refractivity (Wildman–Crippen MR) is 190 cm³/mol. The fourth-order valence-electron chi connectivity index (χ4n) is 7.09. The van der Waals surface area contributed by atoms with Crippen molar-refractivity contribution >= 4 is 35.0 Å². The third kappa shape index (κ3) is 4.79. The highest BCUT2D eigenvalue weighted by Crippen LogP contribution is 2.43. The highest BCUT2D eigenvalue weighted by atomic mass is 16.2. The van der Waals surface area contributed by atoms with E-state index in [2.05, 4.69) is 0 Å². The van der Waals surface area contributed by atoms with Gasteiger partial charge in [-0.05, 0) is 102 Å². The fraction of sp³-hybridized carbons (Fsp3) is 0.190. The first-order valence-corrected chi connectivity index (χ1v) is 16.5. The summed E-state index contributed by atoms with van der Waals surface area (Å²) < 4.78 is 0. The Labute approximate surface area is 280 Å². The first-order chi connectivity index (χ1) is 23.2. The van der Waals surface area contributed by atoms with Crippen LogP contribution in [0, 0.1) is 13.8 Å². The third-order valence-corrected chi connectivity index (χ3v) is 9.67. The Balaban J connectivity index is 1.31. The number of imide groups is 2. The number of aryl methyl sites for hydroxylation is 3. The van der Waals surface area contributed by atoms with E-state index in [0.29, 0.717) is 52.9 Å². The monoisotopic (exact) mass is 632 g/mol. The summed E-state index contributed by atoms with van der Waals surface area (Å²) >= 11 is 0. The van der Waals surface area contributed by atoms with Gasteiger partial charge in [-0.2, -0.15) is 0 Å². The van der Waals surface area contributed by atoms with Crippen molar-refractivity contribution in [3.05, 3.63) is 141 Å². The zero-order chi connectivity index (χ0) is 33.9. The average Bonchev–Trinajstić information content (AvgIpc) is 3.50. The zero-order valence-corrected chi connectivity index (χ0v) is 27.8. The molecule has 2 aliphatic rings. The quantitative estimate of drug-likeness (QED) is 0.168. The Morgan fingerprint density at radius 1 is 0.438 bits per heavy atom. The highest BCUT2D eigenvalue weighted by Gasteiger charge is 2.42. The molecule has 2 heterocycles. The van der Waals surface area contributed by atoms with Crippen LogP contribution in [0.15, 0.2) is 91.0 Å². The van der Waals surface area contributed by atoms with Crippen molar-refractivity contribution in [1.29, 1.82) is 0 Å². The maximum Gasteiger partial charge on any atom is 0.266 e. The normalized spacial score (nSPS) is 13.9. The van der Waals surface area contributed by atoms with Crippen molar-refractivity contribution < 1.29 is 19.2 Å². The van der Waals surface area contributed by atoms with Crippen molar-refractivity contribution in [2.24, 2.45) is 0 Å². The summed E-state index contributed by atoms with van der Waals surface area (Å²) in [5.41, 5.74) is 10.8. The molecule has 0 spiro atoms. The molecule has 0 aliphatic carbocycles. The van der Waals surface area contributed by atoms with E-state index < -0.39 is 0 Å². The molecule has 238 valence electrons. The van der Waals surface area contributed by atoms with E-state index in [4.69, 9.17) is 0 Å². The molecule has 5 aromatic rings. The van der Waals surface area contributed by atoms with Crippen molar-refractivity contribution in [2.75, 3.05) is 9.80 Å². The van der Waals surface area contributed by atoms with Gasteiger partial charge in [0.25, 0.3) is 23.6 Å². The van der Waals surface area contributed by atoms with Gasteiger partial charge in [0.2, 0.25) is 0 Å². The zero-order valence-electron chi connectivity index (χ0n) is 27.8. The molecule has 2 aliphatic heterocycles. The summed E-state index contributed by atoms with van der Waals surface area (Å²) in [6.45, 7) is 9.95. The smallest absolute Gasteiger partial charge is 0.266 e. The Hall–Kier alpha value is -5.62. The first-order valence-electron chi connectivity index (χ1n) is 16.5. The molecule has 0 bridgehead atoms. The van der Waals surface area contributed by atoms with Crippen LogP contribution in [0.5, 0.6) is 0 Å². The summed E-state index contributed by atoms with van der Waals surface area (Å²) in [6, 6.07) is 28.8. The van der Waals surface area contributed by atoms with E-state index in [1.807, 2.05) is 101 Å². The number of hydrogen-bond donors (Lipinski definition) is 0. The van der Waals surface area contributed by atoms with Crippen LogP contribution in [0.3, 0.4) is 0 Å². The van der Waals surface area contributed by atoms with Gasteiger partial charge >= 0.3 is 0 Å². The topological polar surface area (TPSA) is 74.8 Å². The van der Waals surface area contributed by atoms with Crippen molar-refractivity contribution in [3.8, 4) is 22.3 Å². The predicted octanol–water partition coefficient (Wildman–Crippen LogP) is 8.93. The summed E-state index contributed by atoms with van der Waals surface area (Å²) in [7, 11) is 0. The van der Waals surface area contributed by atoms with Gasteiger partial charge < -0.3 is 0 Å². The molecule has 5 aromatic carbocycles. The van der Waals surface area contributed by atoms with E-state index >= 15 is 0 Å². The summed E-state index contributed by atoms with van der Waals surface area (Å²) in [4.78, 5) is 58.7. The molecule has 0 saturated heterocycles. The first kappa shape index (κ1) is 31.0. The molecule has 0 unspecified atom stereocenters. The average molecular weight is 633 g/mol. The van der Waals surface area contributed by atoms with E-state index in [-0.39, 0.29) is 23.6 Å². The number of fused-ring (bicyclic) bond motifs is 2. The molecule has 48 heavy (non-hydrogen) atoms. The summed E-state index contributed by atoms with van der Waals surface area (Å²) in [5.74, 6) is -1.48. The largest absolute Gasteiger partial charge is 0.268 e. The molecule has 6 heteroatoms. The molecular formula is C42H36N2O4. The molecule has 0 fully saturated rings. The van der Waals surface area contributed by atoms with Gasteiger partial charge in [-0.25, -0.2) is 9.80 Å². The fourth-order valence-corrected chi connectivity index (χ4v) is 7.09. The summed E-state index contributed by atoms with van der Waals surface area (Å²) in [5, 5.41) is 0. The molecular weight excluding hydrogens is 596 g/mol. The minimum Gasteiger partial charge on any atom is -0.268 e. The standard InChI is InChI=1S/C42H36N2O4/c1-6-26-23-37(43-39(45)33-19-17-29(21-35(33)41(43)47)27-13-9-24(4)10-14-27)31(7-2)32(8-3)38(26)44-40(46)34-20-18-30(22-36(34)42(44)48)28-15-11-25(5)12-16-28/h9-23H,6-8H2,1-5H3. The van der Waals surface area contributed by atoms with Crippen LogP contribution in [-0.2, 0) is 19.3 Å². The second kappa shape index (κ2) is 11.9. The Kier molecular flexibility index (Phi) is 7.67. The van der Waals surface area contributed by atoms with Crippen molar-refractivity contribution in [3.63, 3.8) is 0 Å². The number of carbonyl (C=O) groups is 4. The Morgan fingerprint density at radius 3 is 1.31 bits per heavy atom. The third-order valence-electron chi connectivity index (χ3n) is 9.67. The molecule has 0 aromatic heterocycles. The molecule has 0 atom stereocenters. The maximum atomic E-state index is 14.1. The van der Waals surface area contributed by atoms with Gasteiger partial charge in [0.05, 0.1) is 33.6 Å². The Morgan fingerprint density at radius 2 is 0.854 bits per heavy atom. The number of anilines is 2. The minimum atomic E-state index is -0.375. The van der Waals surface area contributed by atoms with E-state index in [0.717, 1.165) is 50.1 Å². The van der Waals surface area contributed by atoms with Gasteiger partial charge in [-0.15, -0.1) is 0 Å². The van der Waals surface area contributed by atoms with E-state index in [1.54, 1.807) is 24.3 Å². The second-order valence-electron chi connectivity index (χ2n) is 12.6. The van der Waals surface area contributed by atoms with Gasteiger partial charge in [-0.3, -0.25) is 19.2 Å². The number of benzene rings is 5. The highest BCUT2D eigenvalue weighted by molar-refractivity contribution is 6.36. The van der Waals surface area contributed by atoms with Crippen molar-refractivity contribution in [2.45, 2.75) is 53.9 Å². The van der Waals surface area contributed by atoms with Gasteiger partial charge in [-0.1, -0.05) is 92.6 Å². The SMILES string of the molecule is CCc1cc(N2C(=O)c3ccc(-c4ccc(C)cc4)cc3C2=O)c(CC)c(CC)c1N1C(=O)c2ccc(-c3ccc(C)cc3)cc2C1=O. The summed E-state index contributed by atoms with van der Waals surface area (Å²) in [6.07, 6.45) is 1.49. The van der Waals surface area contributed by atoms with Crippen LogP contribution < -0.4 is 9.80 Å². The lowest BCUT2D eigenvalue weighted by Gasteiger charge is -2.28. The van der Waals surface area contributed by atoms with Gasteiger partial charge in [0.15, 0.2) is 0 Å². The molecule has 0 radical (unpaired) electrons. The van der Waals surface area contributed by atoms with Crippen LogP contribution >= 0.6 is 0 Å². The minimum absolute atomic E-state index is 0.364. The van der Waals surface area contributed by atoms with Crippen LogP contribution in [0.2, 0.25) is 0 Å². The molecule has 7 rings (SSSR count). The number of nitrogens with zero attached hydrogens (tertiary/aromatic N) is 2.